The average molecular weight is 340 g/mol. The van der Waals surface area contributed by atoms with Gasteiger partial charge in [-0.3, -0.25) is 10.1 Å². The molecule has 0 N–H and O–H groups in total. The van der Waals surface area contributed by atoms with Crippen molar-refractivity contribution in [2.75, 3.05) is 0 Å². The van der Waals surface area contributed by atoms with Gasteiger partial charge in [-0.05, 0) is 42.8 Å². The van der Waals surface area contributed by atoms with Gasteiger partial charge in [0.15, 0.2) is 0 Å². The van der Waals surface area contributed by atoms with Gasteiger partial charge in [-0.25, -0.2) is 4.98 Å². The Bertz CT molecular complexity index is 1100. The number of rotatable bonds is 3. The molecular weight excluding hydrogens is 324 g/mol. The second-order valence-electron chi connectivity index (χ2n) is 6.25. The number of non-ortho nitro benzene ring substituents is 1. The summed E-state index contributed by atoms with van der Waals surface area (Å²) in [6.07, 6.45) is 0. The van der Waals surface area contributed by atoms with Crippen LogP contribution < -0.4 is 0 Å². The maximum absolute atomic E-state index is 10.9. The summed E-state index contributed by atoms with van der Waals surface area (Å²) in [5.41, 5.74) is 5.94. The third kappa shape index (κ3) is 2.93. The van der Waals surface area contributed by atoms with Crippen LogP contribution in [0.2, 0.25) is 0 Å². The van der Waals surface area contributed by atoms with E-state index in [1.165, 1.54) is 17.7 Å². The van der Waals surface area contributed by atoms with E-state index in [0.717, 1.165) is 33.3 Å². The topological polar surface area (TPSA) is 56.0 Å². The number of aromatic nitrogens is 1. The molecule has 0 saturated carbocycles. The van der Waals surface area contributed by atoms with Gasteiger partial charge in [0.1, 0.15) is 0 Å². The molecule has 0 atom stereocenters. The molecule has 0 radical (unpaired) electrons. The fourth-order valence-corrected chi connectivity index (χ4v) is 3.09. The van der Waals surface area contributed by atoms with Crippen LogP contribution in [0.3, 0.4) is 0 Å². The Balaban J connectivity index is 1.97. The number of fused-ring (bicyclic) bond motifs is 1. The minimum atomic E-state index is -0.385. The molecular formula is C22H16N2O2. The smallest absolute Gasteiger partial charge is 0.258 e. The fourth-order valence-electron chi connectivity index (χ4n) is 3.09. The Hall–Kier alpha value is -3.53. The highest BCUT2D eigenvalue weighted by Crippen LogP contribution is 2.34. The van der Waals surface area contributed by atoms with Crippen LogP contribution in [0.1, 0.15) is 5.56 Å². The predicted molar refractivity (Wildman–Crippen MR) is 104 cm³/mol. The summed E-state index contributed by atoms with van der Waals surface area (Å²) < 4.78 is 0. The summed E-state index contributed by atoms with van der Waals surface area (Å²) in [6.45, 7) is 2.05. The van der Waals surface area contributed by atoms with E-state index in [2.05, 4.69) is 25.1 Å². The van der Waals surface area contributed by atoms with Crippen molar-refractivity contribution in [3.05, 3.63) is 94.5 Å². The number of nitro groups is 1. The summed E-state index contributed by atoms with van der Waals surface area (Å²) >= 11 is 0. The molecule has 0 bridgehead atoms. The molecule has 0 fully saturated rings. The van der Waals surface area contributed by atoms with Crippen LogP contribution in [0.4, 0.5) is 5.69 Å². The highest BCUT2D eigenvalue weighted by molar-refractivity contribution is 5.92. The quantitative estimate of drug-likeness (QED) is 0.350. The van der Waals surface area contributed by atoms with E-state index < -0.39 is 0 Å². The van der Waals surface area contributed by atoms with Crippen LogP contribution in [0.5, 0.6) is 0 Å². The lowest BCUT2D eigenvalue weighted by Crippen LogP contribution is -1.92. The normalized spacial score (nSPS) is 10.8. The van der Waals surface area contributed by atoms with Crippen molar-refractivity contribution in [2.45, 2.75) is 6.92 Å². The largest absolute Gasteiger partial charge is 0.269 e. The van der Waals surface area contributed by atoms with Crippen LogP contribution in [-0.4, -0.2) is 9.91 Å². The Labute approximate surface area is 150 Å². The van der Waals surface area contributed by atoms with E-state index in [4.69, 9.17) is 4.98 Å². The van der Waals surface area contributed by atoms with Gasteiger partial charge in [-0.2, -0.15) is 0 Å². The monoisotopic (exact) mass is 340 g/mol. The van der Waals surface area contributed by atoms with E-state index in [1.807, 2.05) is 36.4 Å². The summed E-state index contributed by atoms with van der Waals surface area (Å²) in [5.74, 6) is 0. The highest BCUT2D eigenvalue weighted by Gasteiger charge is 2.13. The number of nitrogens with zero attached hydrogens (tertiary/aromatic N) is 2. The van der Waals surface area contributed by atoms with E-state index >= 15 is 0 Å². The lowest BCUT2D eigenvalue weighted by molar-refractivity contribution is -0.384. The lowest BCUT2D eigenvalue weighted by atomic mass is 9.97. The van der Waals surface area contributed by atoms with Gasteiger partial charge >= 0.3 is 0 Å². The molecule has 3 aromatic carbocycles. The van der Waals surface area contributed by atoms with Crippen LogP contribution in [-0.2, 0) is 0 Å². The maximum Gasteiger partial charge on any atom is 0.269 e. The molecule has 0 aliphatic carbocycles. The molecule has 0 unspecified atom stereocenters. The van der Waals surface area contributed by atoms with Gasteiger partial charge in [0.2, 0.25) is 0 Å². The molecule has 1 heterocycles. The van der Waals surface area contributed by atoms with Crippen molar-refractivity contribution in [1.82, 2.24) is 4.98 Å². The Morgan fingerprint density at radius 3 is 2.27 bits per heavy atom. The summed E-state index contributed by atoms with van der Waals surface area (Å²) in [7, 11) is 0. The average Bonchev–Trinajstić information content (AvgIpc) is 2.67. The van der Waals surface area contributed by atoms with Gasteiger partial charge in [0, 0.05) is 28.6 Å². The predicted octanol–water partition coefficient (Wildman–Crippen LogP) is 5.79. The van der Waals surface area contributed by atoms with Crippen molar-refractivity contribution < 1.29 is 4.92 Å². The second kappa shape index (κ2) is 6.41. The van der Waals surface area contributed by atoms with Crippen LogP contribution >= 0.6 is 0 Å². The molecule has 4 aromatic rings. The zero-order valence-corrected chi connectivity index (χ0v) is 14.2. The molecule has 126 valence electrons. The number of hydrogen-bond donors (Lipinski definition) is 0. The standard InChI is InChI=1S/C22H16N2O2/c1-15-7-12-21-18(13-15)14-20(16-8-10-19(11-9-16)24(25)26)22(23-21)17-5-3-2-4-6-17/h2-14H,1H3. The van der Waals surface area contributed by atoms with Gasteiger partial charge in [0.25, 0.3) is 5.69 Å². The van der Waals surface area contributed by atoms with Crippen LogP contribution in [0, 0.1) is 17.0 Å². The second-order valence-corrected chi connectivity index (χ2v) is 6.25. The first-order chi connectivity index (χ1) is 12.6. The molecule has 0 aliphatic heterocycles. The molecule has 26 heavy (non-hydrogen) atoms. The van der Waals surface area contributed by atoms with E-state index in [-0.39, 0.29) is 10.6 Å². The lowest BCUT2D eigenvalue weighted by Gasteiger charge is -2.12. The zero-order valence-electron chi connectivity index (χ0n) is 14.2. The van der Waals surface area contributed by atoms with Crippen molar-refractivity contribution in [1.29, 1.82) is 0 Å². The fraction of sp³-hybridized carbons (Fsp3) is 0.0455. The SMILES string of the molecule is Cc1ccc2nc(-c3ccccc3)c(-c3ccc([N+](=O)[O-])cc3)cc2c1. The summed E-state index contributed by atoms with van der Waals surface area (Å²) in [5, 5.41) is 12.0. The van der Waals surface area contributed by atoms with Gasteiger partial charge < -0.3 is 0 Å². The number of pyridine rings is 1. The Morgan fingerprint density at radius 1 is 0.846 bits per heavy atom. The molecule has 0 aliphatic rings. The minimum absolute atomic E-state index is 0.0830. The van der Waals surface area contributed by atoms with Crippen LogP contribution in [0.15, 0.2) is 78.9 Å². The van der Waals surface area contributed by atoms with E-state index in [0.29, 0.717) is 0 Å². The first-order valence-electron chi connectivity index (χ1n) is 8.33. The van der Waals surface area contributed by atoms with Crippen molar-refractivity contribution in [3.63, 3.8) is 0 Å². The Kier molecular flexibility index (Phi) is 3.93. The molecule has 0 spiro atoms. The molecule has 4 nitrogen and oxygen atoms in total. The van der Waals surface area contributed by atoms with Gasteiger partial charge in [-0.15, -0.1) is 0 Å². The molecule has 4 heteroatoms. The van der Waals surface area contributed by atoms with Crippen molar-refractivity contribution in [2.24, 2.45) is 0 Å². The summed E-state index contributed by atoms with van der Waals surface area (Å²) in [4.78, 5) is 15.4. The Morgan fingerprint density at radius 2 is 1.58 bits per heavy atom. The first-order valence-corrected chi connectivity index (χ1v) is 8.33. The number of hydrogen-bond acceptors (Lipinski definition) is 3. The molecule has 1 aromatic heterocycles. The van der Waals surface area contributed by atoms with Crippen LogP contribution in [0.25, 0.3) is 33.3 Å². The van der Waals surface area contributed by atoms with Gasteiger partial charge in [0.05, 0.1) is 16.1 Å². The highest BCUT2D eigenvalue weighted by atomic mass is 16.6. The third-order valence-corrected chi connectivity index (χ3v) is 4.41. The maximum atomic E-state index is 10.9. The molecule has 0 amide bonds. The summed E-state index contributed by atoms with van der Waals surface area (Å²) in [6, 6.07) is 24.9. The van der Waals surface area contributed by atoms with Gasteiger partial charge in [-0.1, -0.05) is 42.0 Å². The van der Waals surface area contributed by atoms with Crippen molar-refractivity contribution >= 4 is 16.6 Å². The third-order valence-electron chi connectivity index (χ3n) is 4.41. The number of nitro benzene ring substituents is 1. The minimum Gasteiger partial charge on any atom is -0.258 e. The van der Waals surface area contributed by atoms with Crippen molar-refractivity contribution in [3.8, 4) is 22.4 Å². The van der Waals surface area contributed by atoms with E-state index in [9.17, 15) is 10.1 Å². The number of benzene rings is 3. The number of aryl methyl sites for hydroxylation is 1. The molecule has 0 saturated heterocycles. The molecule has 4 rings (SSSR count). The van der Waals surface area contributed by atoms with E-state index in [1.54, 1.807) is 12.1 Å². The zero-order chi connectivity index (χ0) is 18.1. The first kappa shape index (κ1) is 16.0.